The minimum absolute atomic E-state index is 0.180. The first-order valence-electron chi connectivity index (χ1n) is 6.47. The van der Waals surface area contributed by atoms with E-state index in [1.807, 2.05) is 20.9 Å². The van der Waals surface area contributed by atoms with Gasteiger partial charge in [0.15, 0.2) is 0 Å². The lowest BCUT2D eigenvalue weighted by atomic mass is 9.86. The molecule has 0 fully saturated rings. The van der Waals surface area contributed by atoms with Gasteiger partial charge < -0.3 is 10.6 Å². The van der Waals surface area contributed by atoms with Crippen molar-refractivity contribution < 1.29 is 4.79 Å². The van der Waals surface area contributed by atoms with E-state index in [4.69, 9.17) is 0 Å². The molecule has 0 aromatic carbocycles. The van der Waals surface area contributed by atoms with Gasteiger partial charge in [-0.3, -0.25) is 4.79 Å². The number of hydrogen-bond donors (Lipinski definition) is 2. The molecule has 3 heteroatoms. The van der Waals surface area contributed by atoms with Crippen molar-refractivity contribution in [1.29, 1.82) is 0 Å². The summed E-state index contributed by atoms with van der Waals surface area (Å²) < 4.78 is 0. The van der Waals surface area contributed by atoms with Gasteiger partial charge in [-0.05, 0) is 13.5 Å². The molecular formula is C13H28N2O. The van der Waals surface area contributed by atoms with Gasteiger partial charge in [0, 0.05) is 18.5 Å². The molecule has 2 N–H and O–H groups in total. The zero-order chi connectivity index (χ0) is 12.4. The molecule has 0 heterocycles. The normalized spacial score (nSPS) is 11.5. The summed E-state index contributed by atoms with van der Waals surface area (Å²) in [7, 11) is 1.89. The number of likely N-dealkylation sites (N-methyl/N-ethyl adjacent to an activating group) is 1. The summed E-state index contributed by atoms with van der Waals surface area (Å²) in [5, 5.41) is 5.98. The van der Waals surface area contributed by atoms with Crippen molar-refractivity contribution in [2.24, 2.45) is 5.41 Å². The second kappa shape index (κ2) is 8.57. The highest BCUT2D eigenvalue weighted by Gasteiger charge is 2.26. The molecule has 16 heavy (non-hydrogen) atoms. The summed E-state index contributed by atoms with van der Waals surface area (Å²) in [6, 6.07) is 0. The van der Waals surface area contributed by atoms with Crippen LogP contribution in [0.4, 0.5) is 0 Å². The number of amides is 1. The van der Waals surface area contributed by atoms with Crippen molar-refractivity contribution in [3.63, 3.8) is 0 Å². The van der Waals surface area contributed by atoms with E-state index in [2.05, 4.69) is 17.6 Å². The number of unbranched alkanes of at least 4 members (excludes halogenated alkanes) is 3. The van der Waals surface area contributed by atoms with Crippen LogP contribution < -0.4 is 10.6 Å². The number of hydrogen-bond acceptors (Lipinski definition) is 2. The lowest BCUT2D eigenvalue weighted by molar-refractivity contribution is -0.129. The van der Waals surface area contributed by atoms with Gasteiger partial charge in [0.25, 0.3) is 0 Å². The Balaban J connectivity index is 3.77. The third-order valence-corrected chi connectivity index (χ3v) is 2.93. The van der Waals surface area contributed by atoms with Crippen LogP contribution in [0.1, 0.15) is 52.9 Å². The van der Waals surface area contributed by atoms with Crippen LogP contribution in [-0.4, -0.2) is 26.0 Å². The van der Waals surface area contributed by atoms with Crippen LogP contribution in [0.25, 0.3) is 0 Å². The van der Waals surface area contributed by atoms with Gasteiger partial charge >= 0.3 is 0 Å². The molecule has 0 aromatic rings. The van der Waals surface area contributed by atoms with Crippen molar-refractivity contribution >= 4 is 5.91 Å². The maximum Gasteiger partial charge on any atom is 0.225 e. The molecule has 0 saturated heterocycles. The van der Waals surface area contributed by atoms with Crippen LogP contribution in [0.5, 0.6) is 0 Å². The number of nitrogens with one attached hydrogen (secondary N) is 2. The van der Waals surface area contributed by atoms with Gasteiger partial charge in [-0.1, -0.05) is 46.5 Å². The molecule has 0 radical (unpaired) electrons. The molecule has 0 rings (SSSR count). The van der Waals surface area contributed by atoms with Crippen LogP contribution >= 0.6 is 0 Å². The van der Waals surface area contributed by atoms with E-state index in [1.54, 1.807) is 0 Å². The first-order valence-corrected chi connectivity index (χ1v) is 6.47. The third-order valence-electron chi connectivity index (χ3n) is 2.93. The summed E-state index contributed by atoms with van der Waals surface area (Å²) in [5.41, 5.74) is -0.221. The van der Waals surface area contributed by atoms with Crippen LogP contribution in [0.3, 0.4) is 0 Å². The van der Waals surface area contributed by atoms with Crippen molar-refractivity contribution in [2.45, 2.75) is 52.9 Å². The van der Waals surface area contributed by atoms with Gasteiger partial charge in [0.05, 0.1) is 0 Å². The summed E-state index contributed by atoms with van der Waals surface area (Å²) in [5.74, 6) is 0.180. The van der Waals surface area contributed by atoms with E-state index in [0.717, 1.165) is 19.4 Å². The van der Waals surface area contributed by atoms with E-state index in [-0.39, 0.29) is 11.3 Å². The summed E-state index contributed by atoms with van der Waals surface area (Å²) in [6.45, 7) is 7.82. The summed E-state index contributed by atoms with van der Waals surface area (Å²) in [4.78, 5) is 11.9. The first-order chi connectivity index (χ1) is 7.54. The highest BCUT2D eigenvalue weighted by Crippen LogP contribution is 2.23. The Labute approximate surface area is 100 Å². The maximum absolute atomic E-state index is 11.9. The highest BCUT2D eigenvalue weighted by atomic mass is 16.2. The molecule has 0 aromatic heterocycles. The maximum atomic E-state index is 11.9. The molecule has 0 aliphatic rings. The fraction of sp³-hybridized carbons (Fsp3) is 0.923. The van der Waals surface area contributed by atoms with Gasteiger partial charge in [-0.15, -0.1) is 0 Å². The van der Waals surface area contributed by atoms with Crippen molar-refractivity contribution in [3.05, 3.63) is 0 Å². The number of rotatable bonds is 9. The second-order valence-corrected chi connectivity index (χ2v) is 5.05. The molecule has 0 aliphatic heterocycles. The molecule has 0 saturated carbocycles. The van der Waals surface area contributed by atoms with E-state index in [9.17, 15) is 4.79 Å². The molecule has 0 bridgehead atoms. The van der Waals surface area contributed by atoms with Gasteiger partial charge in [0.2, 0.25) is 5.91 Å². The average molecular weight is 228 g/mol. The van der Waals surface area contributed by atoms with Gasteiger partial charge in [-0.2, -0.15) is 0 Å². The molecule has 3 nitrogen and oxygen atoms in total. The van der Waals surface area contributed by atoms with Crippen molar-refractivity contribution in [1.82, 2.24) is 10.6 Å². The lowest BCUT2D eigenvalue weighted by Gasteiger charge is -2.23. The quantitative estimate of drug-likeness (QED) is 0.595. The minimum atomic E-state index is -0.221. The standard InChI is InChI=1S/C13H28N2O/c1-5-6-7-8-9-13(2,3)12(16)15-11-10-14-4/h14H,5-11H2,1-4H3,(H,15,16). The Bertz CT molecular complexity index is 190. The molecule has 0 aliphatic carbocycles. The summed E-state index contributed by atoms with van der Waals surface area (Å²) in [6.07, 6.45) is 5.90. The minimum Gasteiger partial charge on any atom is -0.354 e. The lowest BCUT2D eigenvalue weighted by Crippen LogP contribution is -2.39. The van der Waals surface area contributed by atoms with E-state index < -0.39 is 0 Å². The van der Waals surface area contributed by atoms with E-state index in [1.165, 1.54) is 19.3 Å². The monoisotopic (exact) mass is 228 g/mol. The molecule has 0 unspecified atom stereocenters. The Kier molecular flexibility index (Phi) is 8.26. The number of carbonyl (C=O) groups is 1. The second-order valence-electron chi connectivity index (χ2n) is 5.05. The molecule has 0 spiro atoms. The fourth-order valence-electron chi connectivity index (χ4n) is 1.65. The first kappa shape index (κ1) is 15.4. The Morgan fingerprint density at radius 3 is 2.38 bits per heavy atom. The Morgan fingerprint density at radius 1 is 1.12 bits per heavy atom. The van der Waals surface area contributed by atoms with Crippen LogP contribution in [-0.2, 0) is 4.79 Å². The smallest absolute Gasteiger partial charge is 0.225 e. The van der Waals surface area contributed by atoms with Crippen molar-refractivity contribution in [2.75, 3.05) is 20.1 Å². The van der Waals surface area contributed by atoms with Gasteiger partial charge in [0.1, 0.15) is 0 Å². The van der Waals surface area contributed by atoms with Crippen LogP contribution in [0.2, 0.25) is 0 Å². The predicted molar refractivity (Wildman–Crippen MR) is 69.5 cm³/mol. The number of carbonyl (C=O) groups excluding carboxylic acids is 1. The zero-order valence-electron chi connectivity index (χ0n) is 11.4. The van der Waals surface area contributed by atoms with E-state index >= 15 is 0 Å². The molecule has 96 valence electrons. The highest BCUT2D eigenvalue weighted by molar-refractivity contribution is 5.81. The predicted octanol–water partition coefficient (Wildman–Crippen LogP) is 2.32. The molecule has 0 atom stereocenters. The third kappa shape index (κ3) is 6.83. The zero-order valence-corrected chi connectivity index (χ0v) is 11.4. The summed E-state index contributed by atoms with van der Waals surface area (Å²) >= 11 is 0. The Morgan fingerprint density at radius 2 is 1.81 bits per heavy atom. The topological polar surface area (TPSA) is 41.1 Å². The average Bonchev–Trinajstić information content (AvgIpc) is 2.24. The van der Waals surface area contributed by atoms with Crippen LogP contribution in [0, 0.1) is 5.41 Å². The largest absolute Gasteiger partial charge is 0.354 e. The Hall–Kier alpha value is -0.570. The molecular weight excluding hydrogens is 200 g/mol. The molecule has 1 amide bonds. The van der Waals surface area contributed by atoms with Gasteiger partial charge in [-0.25, -0.2) is 0 Å². The van der Waals surface area contributed by atoms with Crippen LogP contribution in [0.15, 0.2) is 0 Å². The fourth-order valence-corrected chi connectivity index (χ4v) is 1.65. The van der Waals surface area contributed by atoms with Crippen molar-refractivity contribution in [3.8, 4) is 0 Å². The van der Waals surface area contributed by atoms with E-state index in [0.29, 0.717) is 6.54 Å². The SMILES string of the molecule is CCCCCCC(C)(C)C(=O)NCCNC.